The first-order valence-corrected chi connectivity index (χ1v) is 6.44. The lowest BCUT2D eigenvalue weighted by molar-refractivity contribution is -0.139. The van der Waals surface area contributed by atoms with Crippen LogP contribution in [0.15, 0.2) is 18.2 Å². The number of carboxylic acids is 1. The number of nitrogens with one attached hydrogen (secondary N) is 3. The number of aliphatic carboxylic acids is 1. The van der Waals surface area contributed by atoms with Gasteiger partial charge in [-0.1, -0.05) is 5.21 Å². The number of halogens is 1. The Morgan fingerprint density at radius 2 is 2.32 bits per heavy atom. The minimum atomic E-state index is -1.03. The van der Waals surface area contributed by atoms with E-state index in [0.29, 0.717) is 22.7 Å². The second-order valence-corrected chi connectivity index (χ2v) is 4.65. The maximum Gasteiger partial charge on any atom is 0.321 e. The number of hydrogen-bond acceptors (Lipinski definition) is 6. The third-order valence-electron chi connectivity index (χ3n) is 3.08. The van der Waals surface area contributed by atoms with Crippen molar-refractivity contribution < 1.29 is 14.3 Å². The molecule has 2 heterocycles. The Morgan fingerprint density at radius 3 is 3.05 bits per heavy atom. The number of nitrogens with zero attached hydrogens (tertiary/aromatic N) is 4. The molecule has 22 heavy (non-hydrogen) atoms. The molecule has 0 unspecified atom stereocenters. The van der Waals surface area contributed by atoms with Crippen molar-refractivity contribution in [3.63, 3.8) is 0 Å². The molecule has 0 saturated carbocycles. The average molecular weight is 305 g/mol. The summed E-state index contributed by atoms with van der Waals surface area (Å²) in [5.74, 6) is -0.602. The Morgan fingerprint density at radius 1 is 1.45 bits per heavy atom. The second kappa shape index (κ2) is 5.85. The fourth-order valence-electron chi connectivity index (χ4n) is 2.04. The molecule has 2 aromatic heterocycles. The Labute approximate surface area is 123 Å². The highest BCUT2D eigenvalue weighted by Crippen LogP contribution is 2.14. The first-order valence-electron chi connectivity index (χ1n) is 6.44. The number of carbonyl (C=O) groups is 1. The van der Waals surface area contributed by atoms with E-state index in [1.807, 2.05) is 0 Å². The van der Waals surface area contributed by atoms with Crippen LogP contribution in [0, 0.1) is 5.82 Å². The number of aromatic nitrogens is 6. The average Bonchev–Trinajstić information content (AvgIpc) is 3.11. The van der Waals surface area contributed by atoms with Crippen molar-refractivity contribution >= 4 is 17.0 Å². The van der Waals surface area contributed by atoms with Crippen LogP contribution in [0.5, 0.6) is 0 Å². The number of carboxylic acid groups (broad SMARTS) is 1. The largest absolute Gasteiger partial charge is 0.480 e. The molecule has 0 fully saturated rings. The normalized spacial score (nSPS) is 12.6. The molecule has 1 atom stereocenters. The summed E-state index contributed by atoms with van der Waals surface area (Å²) < 4.78 is 13.1. The molecular weight excluding hydrogens is 293 g/mol. The SMILES string of the molecule is O=C(O)[C@@H](Cc1nc2ccc(F)cc2[nH]1)NCc1nn[nH]n1. The molecule has 9 nitrogen and oxygen atoms in total. The van der Waals surface area contributed by atoms with Crippen LogP contribution in [0.1, 0.15) is 11.6 Å². The van der Waals surface area contributed by atoms with Gasteiger partial charge in [0.25, 0.3) is 0 Å². The van der Waals surface area contributed by atoms with Gasteiger partial charge >= 0.3 is 5.97 Å². The van der Waals surface area contributed by atoms with E-state index in [1.165, 1.54) is 18.2 Å². The van der Waals surface area contributed by atoms with Gasteiger partial charge in [0.2, 0.25) is 0 Å². The summed E-state index contributed by atoms with van der Waals surface area (Å²) >= 11 is 0. The monoisotopic (exact) mass is 305 g/mol. The highest BCUT2D eigenvalue weighted by Gasteiger charge is 2.20. The van der Waals surface area contributed by atoms with Crippen LogP contribution in [0.25, 0.3) is 11.0 Å². The van der Waals surface area contributed by atoms with Crippen molar-refractivity contribution in [2.45, 2.75) is 19.0 Å². The number of fused-ring (bicyclic) bond motifs is 1. The zero-order chi connectivity index (χ0) is 15.5. The van der Waals surface area contributed by atoms with E-state index in [2.05, 4.69) is 35.9 Å². The highest BCUT2D eigenvalue weighted by atomic mass is 19.1. The third-order valence-corrected chi connectivity index (χ3v) is 3.08. The molecule has 10 heteroatoms. The van der Waals surface area contributed by atoms with Crippen molar-refractivity contribution in [3.05, 3.63) is 35.7 Å². The van der Waals surface area contributed by atoms with Gasteiger partial charge in [-0.3, -0.25) is 10.1 Å². The summed E-state index contributed by atoms with van der Waals surface area (Å²) in [6.45, 7) is 0.155. The summed E-state index contributed by atoms with van der Waals surface area (Å²) in [4.78, 5) is 18.5. The molecule has 0 aliphatic rings. The second-order valence-electron chi connectivity index (χ2n) is 4.65. The molecule has 0 saturated heterocycles. The van der Waals surface area contributed by atoms with E-state index in [1.54, 1.807) is 0 Å². The van der Waals surface area contributed by atoms with Gasteiger partial charge in [0.15, 0.2) is 5.82 Å². The fourth-order valence-corrected chi connectivity index (χ4v) is 2.04. The van der Waals surface area contributed by atoms with Crippen molar-refractivity contribution in [2.75, 3.05) is 0 Å². The van der Waals surface area contributed by atoms with Gasteiger partial charge in [-0.25, -0.2) is 9.37 Å². The van der Waals surface area contributed by atoms with Crippen molar-refractivity contribution in [2.24, 2.45) is 0 Å². The fraction of sp³-hybridized carbons (Fsp3) is 0.250. The predicted octanol–water partition coefficient (Wildman–Crippen LogP) is 0.000600. The van der Waals surface area contributed by atoms with E-state index in [0.717, 1.165) is 0 Å². The maximum absolute atomic E-state index is 13.1. The quantitative estimate of drug-likeness (QED) is 0.504. The third kappa shape index (κ3) is 3.06. The molecule has 1 aromatic carbocycles. The summed E-state index contributed by atoms with van der Waals surface area (Å²) in [5, 5.41) is 25.2. The minimum absolute atomic E-state index is 0.115. The van der Waals surface area contributed by atoms with Gasteiger partial charge in [-0.15, -0.1) is 10.2 Å². The van der Waals surface area contributed by atoms with Gasteiger partial charge < -0.3 is 10.1 Å². The zero-order valence-electron chi connectivity index (χ0n) is 11.2. The molecule has 0 amide bonds. The van der Waals surface area contributed by atoms with Gasteiger partial charge in [-0.05, 0) is 18.2 Å². The highest BCUT2D eigenvalue weighted by molar-refractivity contribution is 5.76. The zero-order valence-corrected chi connectivity index (χ0v) is 11.2. The lowest BCUT2D eigenvalue weighted by Gasteiger charge is -2.11. The Bertz CT molecular complexity index is 786. The molecule has 4 N–H and O–H groups in total. The Balaban J connectivity index is 1.72. The van der Waals surface area contributed by atoms with E-state index in [-0.39, 0.29) is 18.8 Å². The number of benzene rings is 1. The summed E-state index contributed by atoms with van der Waals surface area (Å²) in [6.07, 6.45) is 0.115. The summed E-state index contributed by atoms with van der Waals surface area (Å²) in [6, 6.07) is 3.27. The Hall–Kier alpha value is -2.88. The molecular formula is C12H12FN7O2. The van der Waals surface area contributed by atoms with Crippen LogP contribution in [0.3, 0.4) is 0 Å². The minimum Gasteiger partial charge on any atom is -0.480 e. The number of aromatic amines is 2. The molecule has 0 aliphatic heterocycles. The molecule has 0 bridgehead atoms. The lowest BCUT2D eigenvalue weighted by Crippen LogP contribution is -2.38. The van der Waals surface area contributed by atoms with Crippen LogP contribution in [-0.4, -0.2) is 47.7 Å². The number of tetrazole rings is 1. The van der Waals surface area contributed by atoms with E-state index >= 15 is 0 Å². The van der Waals surface area contributed by atoms with Crippen LogP contribution < -0.4 is 5.32 Å². The molecule has 3 aromatic rings. The van der Waals surface area contributed by atoms with Crippen LogP contribution in [0.4, 0.5) is 4.39 Å². The summed E-state index contributed by atoms with van der Waals surface area (Å²) in [5.41, 5.74) is 1.11. The van der Waals surface area contributed by atoms with E-state index in [9.17, 15) is 14.3 Å². The number of rotatable bonds is 6. The number of H-pyrrole nitrogens is 2. The smallest absolute Gasteiger partial charge is 0.321 e. The van der Waals surface area contributed by atoms with Gasteiger partial charge in [0, 0.05) is 6.42 Å². The van der Waals surface area contributed by atoms with Gasteiger partial charge in [0.05, 0.1) is 17.6 Å². The lowest BCUT2D eigenvalue weighted by atomic mass is 10.2. The molecule has 114 valence electrons. The summed E-state index contributed by atoms with van der Waals surface area (Å²) in [7, 11) is 0. The number of imidazole rings is 1. The first kappa shape index (κ1) is 14.1. The number of hydrogen-bond donors (Lipinski definition) is 4. The molecule has 0 radical (unpaired) electrons. The molecule has 0 spiro atoms. The Kier molecular flexibility index (Phi) is 3.74. The van der Waals surface area contributed by atoms with Crippen molar-refractivity contribution in [1.82, 2.24) is 35.9 Å². The maximum atomic E-state index is 13.1. The van der Waals surface area contributed by atoms with Gasteiger partial charge in [-0.2, -0.15) is 5.21 Å². The van der Waals surface area contributed by atoms with Crippen molar-refractivity contribution in [1.29, 1.82) is 0 Å². The topological polar surface area (TPSA) is 132 Å². The van der Waals surface area contributed by atoms with E-state index in [4.69, 9.17) is 0 Å². The van der Waals surface area contributed by atoms with Crippen LogP contribution in [-0.2, 0) is 17.8 Å². The molecule has 3 rings (SSSR count). The van der Waals surface area contributed by atoms with Crippen LogP contribution >= 0.6 is 0 Å². The first-order chi connectivity index (χ1) is 10.6. The predicted molar refractivity (Wildman–Crippen MR) is 72.2 cm³/mol. The standard InChI is InChI=1S/C12H12FN7O2/c13-6-1-2-7-8(3-6)16-10(15-7)4-9(12(21)22)14-5-11-17-19-20-18-11/h1-3,9,14H,4-5H2,(H,15,16)(H,21,22)(H,17,18,19,20)/t9-/m1/s1. The van der Waals surface area contributed by atoms with Gasteiger partial charge in [0.1, 0.15) is 17.7 Å². The van der Waals surface area contributed by atoms with Crippen LogP contribution in [0.2, 0.25) is 0 Å². The van der Waals surface area contributed by atoms with Crippen molar-refractivity contribution in [3.8, 4) is 0 Å². The molecule has 0 aliphatic carbocycles. The van der Waals surface area contributed by atoms with E-state index < -0.39 is 12.0 Å².